The Balaban J connectivity index is 1.37. The number of fused-ring (bicyclic) bond motifs is 1. The van der Waals surface area contributed by atoms with E-state index in [1.807, 2.05) is 19.0 Å². The van der Waals surface area contributed by atoms with Gasteiger partial charge in [-0.1, -0.05) is 12.1 Å². The van der Waals surface area contributed by atoms with Gasteiger partial charge in [-0.15, -0.1) is 11.3 Å². The molecule has 1 aliphatic rings. The summed E-state index contributed by atoms with van der Waals surface area (Å²) in [5, 5.41) is 4.27. The Morgan fingerprint density at radius 2 is 1.91 bits per heavy atom. The van der Waals surface area contributed by atoms with Gasteiger partial charge < -0.3 is 15.1 Å². The van der Waals surface area contributed by atoms with Gasteiger partial charge in [-0.2, -0.15) is 0 Å². The Morgan fingerprint density at radius 1 is 1.22 bits per heavy atom. The predicted octanol–water partition coefficient (Wildman–Crippen LogP) is 4.08. The van der Waals surface area contributed by atoms with Gasteiger partial charge in [0.1, 0.15) is 22.8 Å². The molecule has 1 atom stereocenters. The fourth-order valence-corrected chi connectivity index (χ4v) is 5.37. The van der Waals surface area contributed by atoms with Crippen LogP contribution in [0.25, 0.3) is 10.2 Å². The summed E-state index contributed by atoms with van der Waals surface area (Å²) in [6.45, 7) is 6.34. The van der Waals surface area contributed by atoms with Crippen molar-refractivity contribution in [2.45, 2.75) is 32.7 Å². The lowest BCUT2D eigenvalue weighted by molar-refractivity contribution is -0.125. The molecule has 1 N–H and O–H groups in total. The molecule has 1 amide bonds. The van der Waals surface area contributed by atoms with Crippen LogP contribution < -0.4 is 10.2 Å². The molecule has 1 saturated heterocycles. The number of halogens is 1. The van der Waals surface area contributed by atoms with Crippen molar-refractivity contribution in [3.8, 4) is 0 Å². The number of aryl methyl sites for hydroxylation is 2. The van der Waals surface area contributed by atoms with Crippen LogP contribution in [0.3, 0.4) is 0 Å². The van der Waals surface area contributed by atoms with E-state index in [9.17, 15) is 9.18 Å². The quantitative estimate of drug-likeness (QED) is 0.607. The number of thiophene rings is 1. The first-order chi connectivity index (χ1) is 15.3. The number of amides is 1. The van der Waals surface area contributed by atoms with Crippen LogP contribution in [0.15, 0.2) is 30.6 Å². The number of hydrogen-bond acceptors (Lipinski definition) is 6. The third kappa shape index (κ3) is 4.61. The summed E-state index contributed by atoms with van der Waals surface area (Å²) < 4.78 is 13.3. The smallest absolute Gasteiger partial charge is 0.223 e. The van der Waals surface area contributed by atoms with Crippen molar-refractivity contribution in [1.82, 2.24) is 20.2 Å². The predicted molar refractivity (Wildman–Crippen MR) is 128 cm³/mol. The summed E-state index contributed by atoms with van der Waals surface area (Å²) in [6, 6.07) is 6.48. The van der Waals surface area contributed by atoms with E-state index in [-0.39, 0.29) is 23.7 Å². The van der Waals surface area contributed by atoms with E-state index >= 15 is 0 Å². The second-order valence-corrected chi connectivity index (χ2v) is 9.90. The fourth-order valence-electron chi connectivity index (χ4n) is 4.38. The van der Waals surface area contributed by atoms with Gasteiger partial charge in [-0.3, -0.25) is 4.79 Å². The zero-order chi connectivity index (χ0) is 22.8. The molecule has 32 heavy (non-hydrogen) atoms. The minimum atomic E-state index is -0.254. The number of piperidine rings is 1. The molecule has 3 heterocycles. The van der Waals surface area contributed by atoms with E-state index in [1.54, 1.807) is 29.8 Å². The summed E-state index contributed by atoms with van der Waals surface area (Å²) in [6.07, 6.45) is 3.23. The van der Waals surface area contributed by atoms with E-state index in [2.05, 4.69) is 34.0 Å². The molecule has 0 radical (unpaired) electrons. The maximum atomic E-state index is 13.3. The highest BCUT2D eigenvalue weighted by atomic mass is 32.1. The number of nitrogens with zero attached hydrogens (tertiary/aromatic N) is 4. The number of benzene rings is 1. The summed E-state index contributed by atoms with van der Waals surface area (Å²) in [5.74, 6) is 0.814. The van der Waals surface area contributed by atoms with Gasteiger partial charge in [0.15, 0.2) is 0 Å². The number of carbonyl (C=O) groups is 1. The molecule has 4 rings (SSSR count). The van der Waals surface area contributed by atoms with Crippen LogP contribution in [0.5, 0.6) is 0 Å². The number of nitrogens with one attached hydrogen (secondary N) is 1. The largest absolute Gasteiger partial charge is 0.356 e. The summed E-state index contributed by atoms with van der Waals surface area (Å²) in [5.41, 5.74) is 2.23. The number of carbonyl (C=O) groups excluding carboxylic acids is 1. The average Bonchev–Trinajstić information content (AvgIpc) is 3.08. The van der Waals surface area contributed by atoms with Gasteiger partial charge in [0.25, 0.3) is 0 Å². The maximum Gasteiger partial charge on any atom is 0.223 e. The fraction of sp³-hybridized carbons (Fsp3) is 0.458. The summed E-state index contributed by atoms with van der Waals surface area (Å²) in [4.78, 5) is 28.5. The zero-order valence-electron chi connectivity index (χ0n) is 19.1. The molecule has 3 aromatic rings. The number of hydrogen-bond donors (Lipinski definition) is 1. The Morgan fingerprint density at radius 3 is 2.56 bits per heavy atom. The van der Waals surface area contributed by atoms with E-state index in [4.69, 9.17) is 0 Å². The van der Waals surface area contributed by atoms with Crippen LogP contribution in [0, 0.1) is 25.6 Å². The Bertz CT molecular complexity index is 1090. The van der Waals surface area contributed by atoms with Gasteiger partial charge in [0.05, 0.1) is 11.4 Å². The Labute approximate surface area is 192 Å². The van der Waals surface area contributed by atoms with Crippen molar-refractivity contribution in [2.24, 2.45) is 5.92 Å². The second kappa shape index (κ2) is 9.50. The first-order valence-corrected chi connectivity index (χ1v) is 11.8. The average molecular weight is 456 g/mol. The zero-order valence-corrected chi connectivity index (χ0v) is 19.9. The second-order valence-electron chi connectivity index (χ2n) is 8.70. The highest BCUT2D eigenvalue weighted by Crippen LogP contribution is 2.35. The topological polar surface area (TPSA) is 61.4 Å². The molecule has 6 nitrogen and oxygen atoms in total. The molecule has 170 valence electrons. The highest BCUT2D eigenvalue weighted by Gasteiger charge is 2.28. The van der Waals surface area contributed by atoms with Crippen LogP contribution in [-0.2, 0) is 4.79 Å². The van der Waals surface area contributed by atoms with Crippen LogP contribution in [0.4, 0.5) is 10.2 Å². The Kier molecular flexibility index (Phi) is 6.71. The normalized spacial score (nSPS) is 16.0. The van der Waals surface area contributed by atoms with Gasteiger partial charge >= 0.3 is 0 Å². The van der Waals surface area contributed by atoms with Crippen molar-refractivity contribution < 1.29 is 9.18 Å². The van der Waals surface area contributed by atoms with Gasteiger partial charge in [-0.25, -0.2) is 14.4 Å². The number of anilines is 1. The lowest BCUT2D eigenvalue weighted by Gasteiger charge is -2.33. The molecule has 1 aromatic carbocycles. The third-order valence-corrected chi connectivity index (χ3v) is 7.57. The minimum absolute atomic E-state index is 0.00116. The summed E-state index contributed by atoms with van der Waals surface area (Å²) in [7, 11) is 3.94. The molecular formula is C24H30FN5OS. The molecule has 8 heteroatoms. The lowest BCUT2D eigenvalue weighted by atomic mass is 9.95. The maximum absolute atomic E-state index is 13.3. The molecule has 0 bridgehead atoms. The van der Waals surface area contributed by atoms with Crippen molar-refractivity contribution >= 4 is 33.3 Å². The van der Waals surface area contributed by atoms with Crippen molar-refractivity contribution in [2.75, 3.05) is 38.6 Å². The van der Waals surface area contributed by atoms with Gasteiger partial charge in [-0.05, 0) is 64.0 Å². The SMILES string of the molecule is Cc1sc2ncnc(N3CCC(C(=O)NCC(c4ccc(F)cc4)N(C)C)CC3)c2c1C. The first kappa shape index (κ1) is 22.6. The van der Waals surface area contributed by atoms with Gasteiger partial charge in [0.2, 0.25) is 5.91 Å². The summed E-state index contributed by atoms with van der Waals surface area (Å²) >= 11 is 1.71. The molecule has 0 saturated carbocycles. The number of aromatic nitrogens is 2. The molecule has 0 spiro atoms. The Hall–Kier alpha value is -2.58. The molecule has 1 fully saturated rings. The number of rotatable bonds is 6. The van der Waals surface area contributed by atoms with Gasteiger partial charge in [0, 0.05) is 30.4 Å². The third-order valence-electron chi connectivity index (χ3n) is 6.46. The van der Waals surface area contributed by atoms with Crippen LogP contribution in [-0.4, -0.2) is 54.5 Å². The first-order valence-electron chi connectivity index (χ1n) is 11.0. The standard InChI is InChI=1S/C24H30FN5OS/c1-15-16(2)32-24-21(15)22(27-14-28-24)30-11-9-18(10-12-30)23(31)26-13-20(29(3)4)17-5-7-19(25)8-6-17/h5-8,14,18,20H,9-13H2,1-4H3,(H,26,31). The van der Waals surface area contributed by atoms with E-state index in [0.29, 0.717) is 6.54 Å². The van der Waals surface area contributed by atoms with E-state index in [1.165, 1.54) is 22.6 Å². The van der Waals surface area contributed by atoms with Crippen LogP contribution in [0.2, 0.25) is 0 Å². The monoisotopic (exact) mass is 455 g/mol. The highest BCUT2D eigenvalue weighted by molar-refractivity contribution is 7.18. The molecule has 2 aromatic heterocycles. The lowest BCUT2D eigenvalue weighted by Crippen LogP contribution is -2.43. The molecular weight excluding hydrogens is 425 g/mol. The minimum Gasteiger partial charge on any atom is -0.356 e. The van der Waals surface area contributed by atoms with Crippen molar-refractivity contribution in [3.63, 3.8) is 0 Å². The van der Waals surface area contributed by atoms with Crippen molar-refractivity contribution in [1.29, 1.82) is 0 Å². The van der Waals surface area contributed by atoms with Crippen LogP contribution >= 0.6 is 11.3 Å². The van der Waals surface area contributed by atoms with E-state index in [0.717, 1.165) is 47.5 Å². The van der Waals surface area contributed by atoms with Crippen LogP contribution in [0.1, 0.15) is 34.9 Å². The van der Waals surface area contributed by atoms with E-state index < -0.39 is 0 Å². The molecule has 1 unspecified atom stereocenters. The molecule has 1 aliphatic heterocycles. The van der Waals surface area contributed by atoms with Crippen molar-refractivity contribution in [3.05, 3.63) is 52.4 Å². The molecule has 0 aliphatic carbocycles. The number of likely N-dealkylation sites (N-methyl/N-ethyl adjacent to an activating group) is 1.